The standard InChI is InChI=1S/C7H12O4S2/c1-5(7(9)11-3)13-12-4-6(8)10-2/h5H,4H2,1-3H3/t5-/m1/s1. The fourth-order valence-corrected chi connectivity index (χ4v) is 2.45. The SMILES string of the molecule is COC(=O)CSS[C@H](C)C(=O)OC. The van der Waals surface area contributed by atoms with E-state index in [0.717, 1.165) is 0 Å². The molecule has 1 atom stereocenters. The van der Waals surface area contributed by atoms with E-state index in [9.17, 15) is 9.59 Å². The van der Waals surface area contributed by atoms with Gasteiger partial charge in [-0.25, -0.2) is 0 Å². The number of esters is 2. The third kappa shape index (κ3) is 5.81. The summed E-state index contributed by atoms with van der Waals surface area (Å²) >= 11 is 0. The van der Waals surface area contributed by atoms with E-state index in [1.54, 1.807) is 6.92 Å². The highest BCUT2D eigenvalue weighted by molar-refractivity contribution is 8.77. The Labute approximate surface area is 85.1 Å². The van der Waals surface area contributed by atoms with E-state index in [1.165, 1.54) is 35.8 Å². The zero-order valence-corrected chi connectivity index (χ0v) is 9.37. The lowest BCUT2D eigenvalue weighted by Gasteiger charge is -2.06. The van der Waals surface area contributed by atoms with Gasteiger partial charge in [0.05, 0.1) is 14.2 Å². The number of methoxy groups -OCH3 is 2. The maximum Gasteiger partial charge on any atom is 0.319 e. The molecular formula is C7H12O4S2. The van der Waals surface area contributed by atoms with E-state index >= 15 is 0 Å². The molecule has 0 heterocycles. The fraction of sp³-hybridized carbons (Fsp3) is 0.714. The average Bonchev–Trinajstić information content (AvgIpc) is 2.15. The maximum atomic E-state index is 10.9. The lowest BCUT2D eigenvalue weighted by atomic mass is 10.5. The van der Waals surface area contributed by atoms with Crippen LogP contribution in [0.2, 0.25) is 0 Å². The van der Waals surface area contributed by atoms with Crippen molar-refractivity contribution in [2.24, 2.45) is 0 Å². The summed E-state index contributed by atoms with van der Waals surface area (Å²) in [6, 6.07) is 0. The summed E-state index contributed by atoms with van der Waals surface area (Å²) in [5, 5.41) is -0.264. The van der Waals surface area contributed by atoms with Gasteiger partial charge in [-0.2, -0.15) is 0 Å². The van der Waals surface area contributed by atoms with E-state index in [4.69, 9.17) is 0 Å². The Morgan fingerprint density at radius 1 is 1.31 bits per heavy atom. The van der Waals surface area contributed by atoms with Crippen LogP contribution in [0.25, 0.3) is 0 Å². The lowest BCUT2D eigenvalue weighted by molar-refractivity contribution is -0.139. The molecule has 0 aliphatic heterocycles. The Morgan fingerprint density at radius 2 is 1.92 bits per heavy atom. The molecule has 0 radical (unpaired) electrons. The molecule has 0 aliphatic rings. The lowest BCUT2D eigenvalue weighted by Crippen LogP contribution is -2.14. The van der Waals surface area contributed by atoms with Crippen molar-refractivity contribution < 1.29 is 19.1 Å². The number of carbonyl (C=O) groups is 2. The second-order valence-electron chi connectivity index (χ2n) is 2.10. The molecule has 0 aromatic carbocycles. The molecule has 0 aromatic rings. The molecule has 0 saturated carbocycles. The van der Waals surface area contributed by atoms with Gasteiger partial charge in [0.15, 0.2) is 0 Å². The molecular weight excluding hydrogens is 212 g/mol. The first-order valence-electron chi connectivity index (χ1n) is 3.54. The van der Waals surface area contributed by atoms with Crippen LogP contribution in [0.5, 0.6) is 0 Å². The van der Waals surface area contributed by atoms with E-state index in [2.05, 4.69) is 9.47 Å². The summed E-state index contributed by atoms with van der Waals surface area (Å²) in [4.78, 5) is 21.5. The minimum Gasteiger partial charge on any atom is -0.468 e. The highest BCUT2D eigenvalue weighted by atomic mass is 33.1. The Hall–Kier alpha value is -0.360. The number of ether oxygens (including phenoxy) is 2. The first kappa shape index (κ1) is 12.6. The summed E-state index contributed by atoms with van der Waals surface area (Å²) in [6.07, 6.45) is 0. The molecule has 76 valence electrons. The predicted octanol–water partition coefficient (Wildman–Crippen LogP) is 1.10. The molecule has 13 heavy (non-hydrogen) atoms. The minimum absolute atomic E-state index is 0.239. The third-order valence-corrected chi connectivity index (χ3v) is 3.75. The smallest absolute Gasteiger partial charge is 0.319 e. The van der Waals surface area contributed by atoms with Crippen molar-refractivity contribution in [1.29, 1.82) is 0 Å². The topological polar surface area (TPSA) is 52.6 Å². The monoisotopic (exact) mass is 224 g/mol. The van der Waals surface area contributed by atoms with Gasteiger partial charge < -0.3 is 9.47 Å². The summed E-state index contributed by atoms with van der Waals surface area (Å²) < 4.78 is 8.94. The Morgan fingerprint density at radius 3 is 2.38 bits per heavy atom. The highest BCUT2D eigenvalue weighted by Crippen LogP contribution is 2.27. The molecule has 0 saturated heterocycles. The first-order valence-corrected chi connectivity index (χ1v) is 5.93. The summed E-state index contributed by atoms with van der Waals surface area (Å²) in [5.74, 6) is -0.348. The molecule has 0 aromatic heterocycles. The third-order valence-electron chi connectivity index (χ3n) is 1.15. The molecule has 4 nitrogen and oxygen atoms in total. The van der Waals surface area contributed by atoms with Crippen molar-refractivity contribution in [2.75, 3.05) is 20.0 Å². The quantitative estimate of drug-likeness (QED) is 0.515. The number of carbonyl (C=O) groups excluding carboxylic acids is 2. The Kier molecular flexibility index (Phi) is 6.89. The Balaban J connectivity index is 3.53. The van der Waals surface area contributed by atoms with E-state index in [-0.39, 0.29) is 22.9 Å². The van der Waals surface area contributed by atoms with Crippen LogP contribution in [0.15, 0.2) is 0 Å². The molecule has 0 rings (SSSR count). The van der Waals surface area contributed by atoms with Crippen LogP contribution in [-0.2, 0) is 19.1 Å². The average molecular weight is 224 g/mol. The van der Waals surface area contributed by atoms with E-state index < -0.39 is 0 Å². The molecule has 0 amide bonds. The van der Waals surface area contributed by atoms with Gasteiger partial charge in [-0.15, -0.1) is 0 Å². The van der Waals surface area contributed by atoms with Gasteiger partial charge in [0.2, 0.25) is 0 Å². The maximum absolute atomic E-state index is 10.9. The number of rotatable bonds is 5. The summed E-state index contributed by atoms with van der Waals surface area (Å²) in [5.41, 5.74) is 0. The first-order chi connectivity index (χ1) is 6.11. The largest absolute Gasteiger partial charge is 0.468 e. The zero-order valence-electron chi connectivity index (χ0n) is 7.73. The molecule has 6 heteroatoms. The van der Waals surface area contributed by atoms with Gasteiger partial charge in [0.25, 0.3) is 0 Å². The van der Waals surface area contributed by atoms with Crippen molar-refractivity contribution in [2.45, 2.75) is 12.2 Å². The van der Waals surface area contributed by atoms with Gasteiger partial charge in [-0.1, -0.05) is 21.6 Å². The molecule has 0 bridgehead atoms. The van der Waals surface area contributed by atoms with Gasteiger partial charge >= 0.3 is 11.9 Å². The fourth-order valence-electron chi connectivity index (χ4n) is 0.448. The van der Waals surface area contributed by atoms with Crippen molar-refractivity contribution in [3.8, 4) is 0 Å². The Bertz CT molecular complexity index is 183. The van der Waals surface area contributed by atoms with Crippen LogP contribution < -0.4 is 0 Å². The van der Waals surface area contributed by atoms with Crippen molar-refractivity contribution in [1.82, 2.24) is 0 Å². The highest BCUT2D eigenvalue weighted by Gasteiger charge is 2.14. The molecule has 0 N–H and O–H groups in total. The predicted molar refractivity (Wildman–Crippen MR) is 53.5 cm³/mol. The molecule has 0 unspecified atom stereocenters. The van der Waals surface area contributed by atoms with E-state index in [0.29, 0.717) is 0 Å². The van der Waals surface area contributed by atoms with Crippen molar-refractivity contribution in [3.63, 3.8) is 0 Å². The van der Waals surface area contributed by atoms with Crippen molar-refractivity contribution in [3.05, 3.63) is 0 Å². The van der Waals surface area contributed by atoms with Crippen LogP contribution in [0.1, 0.15) is 6.92 Å². The van der Waals surface area contributed by atoms with Crippen LogP contribution in [0.3, 0.4) is 0 Å². The molecule has 0 fully saturated rings. The van der Waals surface area contributed by atoms with Gasteiger partial charge in [0.1, 0.15) is 11.0 Å². The van der Waals surface area contributed by atoms with Crippen LogP contribution in [0.4, 0.5) is 0 Å². The second kappa shape index (κ2) is 7.08. The minimum atomic E-state index is -0.297. The summed E-state index contributed by atoms with van der Waals surface area (Å²) in [6.45, 7) is 1.72. The molecule has 0 aliphatic carbocycles. The summed E-state index contributed by atoms with van der Waals surface area (Å²) in [7, 11) is 5.24. The van der Waals surface area contributed by atoms with Gasteiger partial charge in [-0.05, 0) is 6.92 Å². The molecule has 0 spiro atoms. The van der Waals surface area contributed by atoms with Crippen LogP contribution in [-0.4, -0.2) is 37.2 Å². The zero-order chi connectivity index (χ0) is 10.3. The number of hydrogen-bond donors (Lipinski definition) is 0. The van der Waals surface area contributed by atoms with Crippen molar-refractivity contribution >= 4 is 33.5 Å². The second-order valence-corrected chi connectivity index (χ2v) is 4.81. The van der Waals surface area contributed by atoms with Crippen LogP contribution >= 0.6 is 21.6 Å². The normalized spacial score (nSPS) is 11.9. The van der Waals surface area contributed by atoms with Gasteiger partial charge in [0, 0.05) is 0 Å². The van der Waals surface area contributed by atoms with Gasteiger partial charge in [-0.3, -0.25) is 9.59 Å². The van der Waals surface area contributed by atoms with Crippen LogP contribution in [0, 0.1) is 0 Å². The number of hydrogen-bond acceptors (Lipinski definition) is 6. The van der Waals surface area contributed by atoms with E-state index in [1.807, 2.05) is 0 Å².